The predicted octanol–water partition coefficient (Wildman–Crippen LogP) is 6.57. The van der Waals surface area contributed by atoms with Crippen molar-refractivity contribution in [3.8, 4) is 5.75 Å². The summed E-state index contributed by atoms with van der Waals surface area (Å²) >= 11 is 0. The van der Waals surface area contributed by atoms with Crippen LogP contribution in [0.3, 0.4) is 0 Å². The highest BCUT2D eigenvalue weighted by atomic mass is 19.2. The lowest BCUT2D eigenvalue weighted by Gasteiger charge is -2.71. The number of aliphatic hydroxyl groups is 2. The normalized spacial score (nSPS) is 40.2. The zero-order valence-corrected chi connectivity index (χ0v) is 28.4. The van der Waals surface area contributed by atoms with E-state index < -0.39 is 39.6 Å². The quantitative estimate of drug-likeness (QED) is 0.270. The SMILES string of the molecule is COc1ccccc1N1CCN(C[C@]2(O)CC[C@H]3[C@]45C=C[C@@]6(C=C4C(=O)c4ccc(F)c(F)c4)CC(O)CC[C@]6(C)[C@H]5CC[C@@]32C)CC1. The minimum atomic E-state index is -1.03. The Hall–Kier alpha value is -3.07. The highest BCUT2D eigenvalue weighted by Gasteiger charge is 2.74. The number of aliphatic hydroxyl groups excluding tert-OH is 1. The Labute approximate surface area is 282 Å². The second-order valence-corrected chi connectivity index (χ2v) is 16.2. The molecule has 8 atom stereocenters. The van der Waals surface area contributed by atoms with E-state index in [4.69, 9.17) is 4.74 Å². The summed E-state index contributed by atoms with van der Waals surface area (Å²) in [5.41, 5.74) is -0.780. The van der Waals surface area contributed by atoms with Gasteiger partial charge >= 0.3 is 0 Å². The van der Waals surface area contributed by atoms with Crippen molar-refractivity contribution in [3.63, 3.8) is 0 Å². The van der Waals surface area contributed by atoms with Crippen molar-refractivity contribution in [3.05, 3.63) is 83.5 Å². The summed E-state index contributed by atoms with van der Waals surface area (Å²) in [5.74, 6) is -1.26. The van der Waals surface area contributed by atoms with Gasteiger partial charge in [-0.05, 0) is 92.5 Å². The number of piperazine rings is 1. The van der Waals surface area contributed by atoms with Crippen molar-refractivity contribution in [2.24, 2.45) is 33.5 Å². The third-order valence-corrected chi connectivity index (χ3v) is 14.4. The van der Waals surface area contributed by atoms with Gasteiger partial charge in [-0.15, -0.1) is 0 Å². The fourth-order valence-corrected chi connectivity index (χ4v) is 11.8. The lowest BCUT2D eigenvalue weighted by molar-refractivity contribution is -0.176. The molecule has 1 aliphatic heterocycles. The molecule has 3 saturated carbocycles. The molecule has 2 aromatic carbocycles. The zero-order valence-electron chi connectivity index (χ0n) is 28.4. The summed E-state index contributed by atoms with van der Waals surface area (Å²) < 4.78 is 34.1. The molecule has 9 rings (SSSR count). The van der Waals surface area contributed by atoms with Gasteiger partial charge in [-0.3, -0.25) is 9.69 Å². The van der Waals surface area contributed by atoms with Gasteiger partial charge in [-0.1, -0.05) is 44.2 Å². The molecule has 6 nitrogen and oxygen atoms in total. The number of carbonyl (C=O) groups excluding carboxylic acids is 1. The van der Waals surface area contributed by atoms with Gasteiger partial charge in [0.1, 0.15) is 5.75 Å². The van der Waals surface area contributed by atoms with E-state index in [1.165, 1.54) is 6.07 Å². The minimum absolute atomic E-state index is 0.00217. The molecule has 256 valence electrons. The topological polar surface area (TPSA) is 73.2 Å². The average Bonchev–Trinajstić information content (AvgIpc) is 3.35. The van der Waals surface area contributed by atoms with Crippen LogP contribution in [0.1, 0.15) is 69.2 Å². The second kappa shape index (κ2) is 11.0. The molecule has 2 bridgehead atoms. The van der Waals surface area contributed by atoms with Gasteiger partial charge in [0.25, 0.3) is 0 Å². The highest BCUT2D eigenvalue weighted by molar-refractivity contribution is 6.10. The molecule has 1 unspecified atom stereocenters. The molecule has 7 aliphatic rings. The van der Waals surface area contributed by atoms with Crippen molar-refractivity contribution in [2.45, 2.75) is 70.5 Å². The van der Waals surface area contributed by atoms with E-state index in [0.29, 0.717) is 25.0 Å². The Morgan fingerprint density at radius 2 is 1.62 bits per heavy atom. The number of carbonyl (C=O) groups is 1. The molecule has 4 fully saturated rings. The second-order valence-electron chi connectivity index (χ2n) is 16.2. The number of halogens is 2. The Bertz CT molecular complexity index is 1700. The smallest absolute Gasteiger partial charge is 0.189 e. The molecule has 8 heteroatoms. The zero-order chi connectivity index (χ0) is 33.7. The summed E-state index contributed by atoms with van der Waals surface area (Å²) in [6.07, 6.45) is 11.5. The number of anilines is 1. The van der Waals surface area contributed by atoms with Crippen LogP contribution < -0.4 is 9.64 Å². The molecular weight excluding hydrogens is 610 g/mol. The van der Waals surface area contributed by atoms with Gasteiger partial charge in [0.05, 0.1) is 24.5 Å². The lowest BCUT2D eigenvalue weighted by atomic mass is 9.32. The van der Waals surface area contributed by atoms with E-state index in [2.05, 4.69) is 47.9 Å². The van der Waals surface area contributed by atoms with E-state index in [9.17, 15) is 23.8 Å². The van der Waals surface area contributed by atoms with Crippen LogP contribution in [0.25, 0.3) is 0 Å². The number of para-hydroxylation sites is 2. The van der Waals surface area contributed by atoms with Crippen molar-refractivity contribution in [2.75, 3.05) is 44.7 Å². The number of benzene rings is 2. The molecule has 1 saturated heterocycles. The first-order valence-electron chi connectivity index (χ1n) is 17.8. The van der Waals surface area contributed by atoms with Gasteiger partial charge in [-0.2, -0.15) is 0 Å². The summed E-state index contributed by atoms with van der Waals surface area (Å²) in [5, 5.41) is 23.7. The van der Waals surface area contributed by atoms with Gasteiger partial charge in [0, 0.05) is 60.1 Å². The number of β-amino-alcohol motifs (C(OH)–C–C–N with tert-alkyl or cyclic N) is 1. The number of ketones is 1. The Kier molecular flexibility index (Phi) is 7.34. The maximum Gasteiger partial charge on any atom is 0.189 e. The van der Waals surface area contributed by atoms with Crippen molar-refractivity contribution in [1.82, 2.24) is 4.90 Å². The van der Waals surface area contributed by atoms with Crippen LogP contribution in [-0.4, -0.2) is 72.4 Å². The number of rotatable bonds is 6. The number of nitrogens with zero attached hydrogens (tertiary/aromatic N) is 2. The molecule has 48 heavy (non-hydrogen) atoms. The molecule has 1 heterocycles. The maximum atomic E-state index is 14.6. The van der Waals surface area contributed by atoms with Gasteiger partial charge < -0.3 is 19.8 Å². The first kappa shape index (κ1) is 32.2. The molecule has 6 aliphatic carbocycles. The van der Waals surface area contributed by atoms with Crippen LogP contribution in [0.2, 0.25) is 0 Å². The van der Waals surface area contributed by atoms with Crippen LogP contribution in [0.15, 0.2) is 66.3 Å². The highest BCUT2D eigenvalue weighted by Crippen LogP contribution is 2.78. The van der Waals surface area contributed by atoms with E-state index in [1.54, 1.807) is 7.11 Å². The molecule has 2 aromatic rings. The summed E-state index contributed by atoms with van der Waals surface area (Å²) in [6, 6.07) is 11.6. The monoisotopic (exact) mass is 658 g/mol. The molecule has 0 amide bonds. The van der Waals surface area contributed by atoms with Gasteiger partial charge in [-0.25, -0.2) is 8.78 Å². The van der Waals surface area contributed by atoms with E-state index in [-0.39, 0.29) is 28.6 Å². The molecule has 2 spiro atoms. The summed E-state index contributed by atoms with van der Waals surface area (Å²) in [7, 11) is 1.70. The molecular formula is C40H48F2N2O4. The van der Waals surface area contributed by atoms with Gasteiger partial charge in [0.2, 0.25) is 0 Å². The number of fused-ring (bicyclic) bond motifs is 1. The van der Waals surface area contributed by atoms with Crippen molar-refractivity contribution in [1.29, 1.82) is 0 Å². The number of methoxy groups -OCH3 is 1. The largest absolute Gasteiger partial charge is 0.495 e. The Balaban J connectivity index is 1.13. The van der Waals surface area contributed by atoms with Crippen molar-refractivity contribution < 1.29 is 28.5 Å². The fourth-order valence-electron chi connectivity index (χ4n) is 11.8. The van der Waals surface area contributed by atoms with E-state index in [1.807, 2.05) is 18.2 Å². The van der Waals surface area contributed by atoms with Gasteiger partial charge in [0.15, 0.2) is 17.4 Å². The van der Waals surface area contributed by atoms with Crippen molar-refractivity contribution >= 4 is 11.5 Å². The standard InChI is InChI=1S/C40H48F2N2O4/c1-36-13-10-27(45)23-38(36)16-17-40(28(24-38)35(46)26-8-9-29(41)30(42)22-26)33(36)11-14-37(2)34(40)12-15-39(37,47)25-43-18-20-44(21-19-43)31-6-4-5-7-32(31)48-3/h4-9,16-17,22,24,27,33-34,45,47H,10-15,18-21,23,25H2,1-3H3/t27?,33-,34-,36-,37+,38+,39-,40-/m1/s1. The van der Waals surface area contributed by atoms with E-state index >= 15 is 0 Å². The first-order chi connectivity index (χ1) is 22.9. The lowest BCUT2D eigenvalue weighted by Crippen LogP contribution is -2.67. The average molecular weight is 659 g/mol. The third-order valence-electron chi connectivity index (χ3n) is 14.4. The van der Waals surface area contributed by atoms with E-state index in [0.717, 1.165) is 81.9 Å². The molecule has 0 radical (unpaired) electrons. The number of Topliss-reactive ketones (excluding diaryl/α,β-unsaturated/α-hetero) is 1. The number of hydrogen-bond donors (Lipinski definition) is 2. The maximum absolute atomic E-state index is 14.6. The van der Waals surface area contributed by atoms with Crippen LogP contribution in [0.4, 0.5) is 14.5 Å². The van der Waals surface area contributed by atoms with Crippen LogP contribution in [0.5, 0.6) is 5.75 Å². The number of ether oxygens (including phenoxy) is 1. The molecule has 0 aromatic heterocycles. The van der Waals surface area contributed by atoms with Crippen LogP contribution in [-0.2, 0) is 0 Å². The fraction of sp³-hybridized carbons (Fsp3) is 0.575. The summed E-state index contributed by atoms with van der Waals surface area (Å²) in [6.45, 7) is 8.52. The van der Waals surface area contributed by atoms with Crippen LogP contribution >= 0.6 is 0 Å². The minimum Gasteiger partial charge on any atom is -0.495 e. The van der Waals surface area contributed by atoms with Crippen LogP contribution in [0, 0.1) is 45.1 Å². The molecule has 2 N–H and O–H groups in total. The number of hydrogen-bond acceptors (Lipinski definition) is 6. The first-order valence-corrected chi connectivity index (χ1v) is 17.8. The number of allylic oxidation sites excluding steroid dienone is 4. The Morgan fingerprint density at radius 1 is 0.917 bits per heavy atom. The predicted molar refractivity (Wildman–Crippen MR) is 181 cm³/mol. The summed E-state index contributed by atoms with van der Waals surface area (Å²) in [4.78, 5) is 19.3. The Morgan fingerprint density at radius 3 is 2.38 bits per heavy atom. The third kappa shape index (κ3) is 4.27.